The molecule has 0 radical (unpaired) electrons. The van der Waals surface area contributed by atoms with Gasteiger partial charge < -0.3 is 14.2 Å². The minimum atomic E-state index is -0.146. The minimum absolute atomic E-state index is 0.102. The summed E-state index contributed by atoms with van der Waals surface area (Å²) in [6, 6.07) is 8.19. The number of cyclic esters (lactones) is 1. The molecule has 2 saturated heterocycles. The number of nitrogens with zero attached hydrogens (tertiary/aromatic N) is 2. The van der Waals surface area contributed by atoms with E-state index in [0.29, 0.717) is 25.4 Å². The lowest BCUT2D eigenvalue weighted by Crippen LogP contribution is -2.32. The van der Waals surface area contributed by atoms with Gasteiger partial charge in [0.1, 0.15) is 0 Å². The van der Waals surface area contributed by atoms with Crippen molar-refractivity contribution in [1.82, 2.24) is 9.47 Å². The Bertz CT molecular complexity index is 785. The van der Waals surface area contributed by atoms with Crippen molar-refractivity contribution in [2.45, 2.75) is 4.90 Å². The zero-order valence-corrected chi connectivity index (χ0v) is 13.7. The number of benzene rings is 1. The van der Waals surface area contributed by atoms with Crippen LogP contribution in [0.15, 0.2) is 35.4 Å². The summed E-state index contributed by atoms with van der Waals surface area (Å²) in [6.45, 7) is 1.62. The van der Waals surface area contributed by atoms with Gasteiger partial charge in [-0.05, 0) is 6.07 Å². The van der Waals surface area contributed by atoms with Gasteiger partial charge in [0.25, 0.3) is 0 Å². The van der Waals surface area contributed by atoms with E-state index >= 15 is 0 Å². The van der Waals surface area contributed by atoms with Crippen molar-refractivity contribution >= 4 is 34.5 Å². The molecule has 0 aliphatic carbocycles. The van der Waals surface area contributed by atoms with E-state index in [9.17, 15) is 9.59 Å². The fourth-order valence-electron chi connectivity index (χ4n) is 3.46. The molecule has 1 amide bonds. The molecule has 1 aromatic carbocycles. The molecule has 0 unspecified atom stereocenters. The molecule has 1 aromatic heterocycles. The molecule has 120 valence electrons. The van der Waals surface area contributed by atoms with Crippen LogP contribution in [0.1, 0.15) is 0 Å². The summed E-state index contributed by atoms with van der Waals surface area (Å²) in [6.07, 6.45) is 2.07. The maximum atomic E-state index is 12.4. The number of hydrogen-bond acceptors (Lipinski definition) is 4. The molecule has 23 heavy (non-hydrogen) atoms. The van der Waals surface area contributed by atoms with Crippen LogP contribution >= 0.6 is 11.8 Å². The Labute approximate surface area is 138 Å². The average Bonchev–Trinajstić information content (AvgIpc) is 3.21. The molecule has 0 spiro atoms. The highest BCUT2D eigenvalue weighted by Gasteiger charge is 2.45. The lowest BCUT2D eigenvalue weighted by molar-refractivity contribution is -0.141. The number of aryl methyl sites for hydroxylation is 1. The van der Waals surface area contributed by atoms with Crippen molar-refractivity contribution < 1.29 is 14.3 Å². The topological polar surface area (TPSA) is 51.5 Å². The van der Waals surface area contributed by atoms with E-state index in [1.54, 1.807) is 11.8 Å². The molecule has 2 aliphatic heterocycles. The van der Waals surface area contributed by atoms with Gasteiger partial charge in [-0.3, -0.25) is 9.59 Å². The highest BCUT2D eigenvalue weighted by atomic mass is 32.2. The largest absolute Gasteiger partial charge is 0.465 e. The molecular formula is C17H18N2O3S. The fraction of sp³-hybridized carbons (Fsp3) is 0.412. The highest BCUT2D eigenvalue weighted by molar-refractivity contribution is 8.00. The smallest absolute Gasteiger partial charge is 0.311 e. The number of likely N-dealkylation sites (tertiary alicyclic amines) is 1. The summed E-state index contributed by atoms with van der Waals surface area (Å²) in [5, 5.41) is 1.18. The molecule has 2 fully saturated rings. The van der Waals surface area contributed by atoms with Crippen LogP contribution in [0.3, 0.4) is 0 Å². The van der Waals surface area contributed by atoms with Crippen LogP contribution in [-0.4, -0.2) is 46.8 Å². The van der Waals surface area contributed by atoms with E-state index in [1.165, 1.54) is 10.9 Å². The molecule has 0 saturated carbocycles. The van der Waals surface area contributed by atoms with Gasteiger partial charge in [-0.15, -0.1) is 11.8 Å². The first-order valence-electron chi connectivity index (χ1n) is 7.75. The third-order valence-electron chi connectivity index (χ3n) is 4.75. The van der Waals surface area contributed by atoms with Crippen molar-refractivity contribution in [3.05, 3.63) is 30.5 Å². The Balaban J connectivity index is 1.43. The number of ether oxygens (including phenoxy) is 1. The van der Waals surface area contributed by atoms with Gasteiger partial charge in [-0.25, -0.2) is 0 Å². The van der Waals surface area contributed by atoms with Crippen LogP contribution in [0.4, 0.5) is 0 Å². The molecule has 2 aromatic rings. The van der Waals surface area contributed by atoms with Gasteiger partial charge in [-0.2, -0.15) is 0 Å². The Kier molecular flexibility index (Phi) is 3.56. The van der Waals surface area contributed by atoms with E-state index < -0.39 is 0 Å². The summed E-state index contributed by atoms with van der Waals surface area (Å²) in [5.74, 6) is 0.440. The molecule has 0 bridgehead atoms. The Morgan fingerprint density at radius 1 is 1.35 bits per heavy atom. The van der Waals surface area contributed by atoms with Gasteiger partial charge in [-0.1, -0.05) is 18.2 Å². The fourth-order valence-corrected chi connectivity index (χ4v) is 4.48. The summed E-state index contributed by atoms with van der Waals surface area (Å²) < 4.78 is 7.13. The van der Waals surface area contributed by atoms with Crippen LogP contribution in [0, 0.1) is 11.8 Å². The molecule has 5 nitrogen and oxygen atoms in total. The molecule has 6 heteroatoms. The molecule has 2 aliphatic rings. The number of rotatable bonds is 3. The van der Waals surface area contributed by atoms with E-state index in [2.05, 4.69) is 22.9 Å². The lowest BCUT2D eigenvalue weighted by Gasteiger charge is -2.16. The second kappa shape index (κ2) is 5.60. The van der Waals surface area contributed by atoms with Gasteiger partial charge in [0.2, 0.25) is 5.91 Å². The van der Waals surface area contributed by atoms with Crippen LogP contribution in [0.25, 0.3) is 10.9 Å². The molecule has 0 N–H and O–H groups in total. The number of thioether (sulfide) groups is 1. The maximum absolute atomic E-state index is 12.4. The summed E-state index contributed by atoms with van der Waals surface area (Å²) in [5.41, 5.74) is 1.17. The summed E-state index contributed by atoms with van der Waals surface area (Å²) >= 11 is 1.57. The van der Waals surface area contributed by atoms with Crippen LogP contribution in [-0.2, 0) is 21.4 Å². The first-order chi connectivity index (χ1) is 11.1. The zero-order chi connectivity index (χ0) is 16.0. The second-order valence-electron chi connectivity index (χ2n) is 6.21. The predicted molar refractivity (Wildman–Crippen MR) is 88.2 cm³/mol. The third-order valence-corrected chi connectivity index (χ3v) is 5.78. The number of aromatic nitrogens is 1. The first-order valence-corrected chi connectivity index (χ1v) is 8.73. The maximum Gasteiger partial charge on any atom is 0.311 e. The monoisotopic (exact) mass is 330 g/mol. The van der Waals surface area contributed by atoms with Crippen molar-refractivity contribution in [1.29, 1.82) is 0 Å². The van der Waals surface area contributed by atoms with Crippen molar-refractivity contribution in [2.75, 3.05) is 25.4 Å². The number of carbonyl (C=O) groups excluding carboxylic acids is 2. The molecule has 4 rings (SSSR count). The predicted octanol–water partition coefficient (Wildman–Crippen LogP) is 1.90. The van der Waals surface area contributed by atoms with Crippen LogP contribution in [0.2, 0.25) is 0 Å². The van der Waals surface area contributed by atoms with Gasteiger partial charge in [0, 0.05) is 48.1 Å². The van der Waals surface area contributed by atoms with E-state index in [-0.39, 0.29) is 23.7 Å². The quantitative estimate of drug-likeness (QED) is 0.637. The number of carbonyl (C=O) groups is 2. The van der Waals surface area contributed by atoms with Gasteiger partial charge >= 0.3 is 5.97 Å². The molecule has 3 heterocycles. The van der Waals surface area contributed by atoms with Crippen LogP contribution in [0.5, 0.6) is 0 Å². The van der Waals surface area contributed by atoms with E-state index in [0.717, 1.165) is 4.90 Å². The first kappa shape index (κ1) is 14.6. The summed E-state index contributed by atoms with van der Waals surface area (Å²) in [4.78, 5) is 27.0. The average molecular weight is 330 g/mol. The number of amides is 1. The van der Waals surface area contributed by atoms with Crippen molar-refractivity contribution in [3.63, 3.8) is 0 Å². The Morgan fingerprint density at radius 2 is 2.17 bits per heavy atom. The van der Waals surface area contributed by atoms with Gasteiger partial charge in [0.15, 0.2) is 0 Å². The van der Waals surface area contributed by atoms with E-state index in [1.807, 2.05) is 24.1 Å². The highest BCUT2D eigenvalue weighted by Crippen LogP contribution is 2.32. The number of hydrogen-bond donors (Lipinski definition) is 0. The Hall–Kier alpha value is -1.95. The third kappa shape index (κ3) is 2.51. The zero-order valence-electron chi connectivity index (χ0n) is 12.9. The second-order valence-corrected chi connectivity index (χ2v) is 7.22. The SMILES string of the molecule is Cn1cc(SCC(=O)N2C[C@@H]3COC(=O)[C@@H]3C2)c2ccccc21. The summed E-state index contributed by atoms with van der Waals surface area (Å²) in [7, 11) is 2.02. The number of para-hydroxylation sites is 1. The van der Waals surface area contributed by atoms with Gasteiger partial charge in [0.05, 0.1) is 18.3 Å². The Morgan fingerprint density at radius 3 is 3.00 bits per heavy atom. The standard InChI is InChI=1S/C17H18N2O3S/c1-18-8-15(12-4-2-3-5-14(12)18)23-10-16(20)19-6-11-9-22-17(21)13(11)7-19/h2-5,8,11,13H,6-7,9-10H2,1H3/t11-,13-/m1/s1. The number of fused-ring (bicyclic) bond motifs is 2. The van der Waals surface area contributed by atoms with E-state index in [4.69, 9.17) is 4.74 Å². The van der Waals surface area contributed by atoms with Crippen LogP contribution < -0.4 is 0 Å². The van der Waals surface area contributed by atoms with Crippen molar-refractivity contribution in [3.8, 4) is 0 Å². The molecule has 2 atom stereocenters. The lowest BCUT2D eigenvalue weighted by atomic mass is 10.0. The number of esters is 1. The normalized spacial score (nSPS) is 23.3. The van der Waals surface area contributed by atoms with Crippen molar-refractivity contribution in [2.24, 2.45) is 18.9 Å². The minimum Gasteiger partial charge on any atom is -0.465 e. The molecular weight excluding hydrogens is 312 g/mol.